The number of methoxy groups -OCH3 is 2. The van der Waals surface area contributed by atoms with Crippen LogP contribution in [0.3, 0.4) is 0 Å². The van der Waals surface area contributed by atoms with E-state index in [1.807, 2.05) is 30.3 Å². The van der Waals surface area contributed by atoms with Gasteiger partial charge in [0.1, 0.15) is 17.2 Å². The summed E-state index contributed by atoms with van der Waals surface area (Å²) in [5.74, 6) is 2.20. The molecule has 1 N–H and O–H groups in total. The highest BCUT2D eigenvalue weighted by Gasteiger charge is 2.16. The minimum atomic E-state index is 0.350. The molecule has 0 atom stereocenters. The Morgan fingerprint density at radius 1 is 1.00 bits per heavy atom. The van der Waals surface area contributed by atoms with Crippen molar-refractivity contribution in [1.29, 1.82) is 0 Å². The van der Waals surface area contributed by atoms with Gasteiger partial charge < -0.3 is 14.0 Å². The molecule has 0 amide bonds. The second kappa shape index (κ2) is 6.67. The van der Waals surface area contributed by atoms with Gasteiger partial charge in [-0.2, -0.15) is 10.1 Å². The average Bonchev–Trinajstić information content (AvgIpc) is 3.37. The van der Waals surface area contributed by atoms with Crippen LogP contribution in [0.25, 0.3) is 34.2 Å². The van der Waals surface area contributed by atoms with Gasteiger partial charge in [-0.05, 0) is 30.3 Å². The number of hydrogen-bond acceptors (Lipinski definition) is 7. The molecule has 1 aromatic carbocycles. The topological polar surface area (TPSA) is 99.0 Å². The smallest absolute Gasteiger partial charge is 0.276 e. The summed E-state index contributed by atoms with van der Waals surface area (Å²) in [6, 6.07) is 11.0. The molecule has 0 saturated carbocycles. The summed E-state index contributed by atoms with van der Waals surface area (Å²) in [7, 11) is 3.21. The van der Waals surface area contributed by atoms with Crippen LogP contribution < -0.4 is 9.47 Å². The molecule has 0 fully saturated rings. The van der Waals surface area contributed by atoms with Crippen LogP contribution in [-0.2, 0) is 0 Å². The van der Waals surface area contributed by atoms with Crippen molar-refractivity contribution >= 4 is 0 Å². The quantitative estimate of drug-likeness (QED) is 0.590. The van der Waals surface area contributed by atoms with Crippen LogP contribution in [-0.4, -0.2) is 39.5 Å². The number of benzene rings is 1. The summed E-state index contributed by atoms with van der Waals surface area (Å²) in [5.41, 5.74) is 2.96. The zero-order valence-electron chi connectivity index (χ0n) is 14.1. The Balaban J connectivity index is 1.66. The minimum absolute atomic E-state index is 0.350. The maximum atomic E-state index is 5.43. The molecule has 0 spiro atoms. The zero-order valence-corrected chi connectivity index (χ0v) is 14.1. The summed E-state index contributed by atoms with van der Waals surface area (Å²) in [4.78, 5) is 8.38. The predicted molar refractivity (Wildman–Crippen MR) is 93.7 cm³/mol. The summed E-state index contributed by atoms with van der Waals surface area (Å²) >= 11 is 0. The number of aromatic nitrogens is 5. The molecule has 130 valence electrons. The molecule has 26 heavy (non-hydrogen) atoms. The summed E-state index contributed by atoms with van der Waals surface area (Å²) in [6.45, 7) is 0. The van der Waals surface area contributed by atoms with Crippen LogP contribution in [0.15, 0.2) is 53.3 Å². The molecule has 0 unspecified atom stereocenters. The van der Waals surface area contributed by atoms with E-state index in [4.69, 9.17) is 14.0 Å². The molecule has 4 aromatic rings. The fourth-order valence-corrected chi connectivity index (χ4v) is 2.53. The number of hydrogen-bond donors (Lipinski definition) is 1. The number of nitrogens with one attached hydrogen (secondary N) is 1. The van der Waals surface area contributed by atoms with E-state index in [2.05, 4.69) is 25.3 Å². The maximum absolute atomic E-state index is 5.43. The van der Waals surface area contributed by atoms with E-state index in [1.165, 1.54) is 0 Å². The Hall–Kier alpha value is -3.68. The Labute approximate surface area is 148 Å². The van der Waals surface area contributed by atoms with Gasteiger partial charge in [0.25, 0.3) is 5.89 Å². The molecule has 0 saturated heterocycles. The molecule has 3 heterocycles. The molecule has 0 bridgehead atoms. The van der Waals surface area contributed by atoms with Gasteiger partial charge in [0.05, 0.1) is 19.9 Å². The van der Waals surface area contributed by atoms with Crippen LogP contribution in [0, 0.1) is 0 Å². The SMILES string of the molecule is COc1ccc(-c2cc(-c3nc(-c4ccncc4)no3)[nH]n2)c(OC)c1. The number of ether oxygens (including phenoxy) is 2. The van der Waals surface area contributed by atoms with Gasteiger partial charge in [0.15, 0.2) is 0 Å². The van der Waals surface area contributed by atoms with Crippen molar-refractivity contribution in [3.05, 3.63) is 48.8 Å². The number of aromatic amines is 1. The fraction of sp³-hybridized carbons (Fsp3) is 0.111. The van der Waals surface area contributed by atoms with Crippen LogP contribution in [0.2, 0.25) is 0 Å². The molecule has 8 heteroatoms. The number of pyridine rings is 1. The van der Waals surface area contributed by atoms with Crippen molar-refractivity contribution in [1.82, 2.24) is 25.3 Å². The van der Waals surface area contributed by atoms with Crippen LogP contribution in [0.4, 0.5) is 0 Å². The van der Waals surface area contributed by atoms with Crippen LogP contribution in [0.1, 0.15) is 0 Å². The standard InChI is InChI=1S/C18H15N5O3/c1-24-12-3-4-13(16(9-12)25-2)14-10-15(22-21-14)18-20-17(23-26-18)11-5-7-19-8-6-11/h3-10H,1-2H3,(H,21,22). The number of H-pyrrole nitrogens is 1. The molecule has 4 rings (SSSR count). The number of rotatable bonds is 5. The second-order valence-electron chi connectivity index (χ2n) is 5.39. The van der Waals surface area contributed by atoms with Gasteiger partial charge in [-0.3, -0.25) is 10.1 Å². The molecule has 3 aromatic heterocycles. The molecular weight excluding hydrogens is 334 g/mol. The van der Waals surface area contributed by atoms with Gasteiger partial charge in [-0.1, -0.05) is 5.16 Å². The van der Waals surface area contributed by atoms with Crippen molar-refractivity contribution in [3.63, 3.8) is 0 Å². The third-order valence-corrected chi connectivity index (χ3v) is 3.86. The van der Waals surface area contributed by atoms with E-state index in [-0.39, 0.29) is 0 Å². The number of nitrogens with zero attached hydrogens (tertiary/aromatic N) is 4. The Morgan fingerprint density at radius 2 is 1.85 bits per heavy atom. The Morgan fingerprint density at radius 3 is 2.62 bits per heavy atom. The normalized spacial score (nSPS) is 10.7. The van der Waals surface area contributed by atoms with Crippen molar-refractivity contribution < 1.29 is 14.0 Å². The van der Waals surface area contributed by atoms with Gasteiger partial charge in [0.2, 0.25) is 5.82 Å². The van der Waals surface area contributed by atoms with Gasteiger partial charge >= 0.3 is 0 Å². The fourth-order valence-electron chi connectivity index (χ4n) is 2.53. The summed E-state index contributed by atoms with van der Waals surface area (Å²) in [5, 5.41) is 11.2. The maximum Gasteiger partial charge on any atom is 0.276 e. The molecule has 0 aliphatic carbocycles. The lowest BCUT2D eigenvalue weighted by Crippen LogP contribution is -1.90. The van der Waals surface area contributed by atoms with Gasteiger partial charge in [-0.25, -0.2) is 0 Å². The van der Waals surface area contributed by atoms with Crippen molar-refractivity contribution in [2.75, 3.05) is 14.2 Å². The highest BCUT2D eigenvalue weighted by atomic mass is 16.5. The highest BCUT2D eigenvalue weighted by molar-refractivity contribution is 5.71. The van der Waals surface area contributed by atoms with Crippen molar-refractivity contribution in [2.45, 2.75) is 0 Å². The van der Waals surface area contributed by atoms with Crippen LogP contribution >= 0.6 is 0 Å². The highest BCUT2D eigenvalue weighted by Crippen LogP contribution is 2.33. The third-order valence-electron chi connectivity index (χ3n) is 3.86. The van der Waals surface area contributed by atoms with E-state index < -0.39 is 0 Å². The largest absolute Gasteiger partial charge is 0.497 e. The lowest BCUT2D eigenvalue weighted by molar-refractivity contribution is 0.395. The molecule has 0 radical (unpaired) electrons. The van der Waals surface area contributed by atoms with Gasteiger partial charge in [-0.15, -0.1) is 0 Å². The second-order valence-corrected chi connectivity index (χ2v) is 5.39. The first-order valence-corrected chi connectivity index (χ1v) is 7.81. The van der Waals surface area contributed by atoms with Crippen molar-refractivity contribution in [2.24, 2.45) is 0 Å². The summed E-state index contributed by atoms with van der Waals surface area (Å²) < 4.78 is 16.0. The van der Waals surface area contributed by atoms with Crippen molar-refractivity contribution in [3.8, 4) is 45.7 Å². The zero-order chi connectivity index (χ0) is 17.9. The Bertz CT molecular complexity index is 1030. The Kier molecular flexibility index (Phi) is 4.06. The summed E-state index contributed by atoms with van der Waals surface area (Å²) in [6.07, 6.45) is 3.35. The first-order chi connectivity index (χ1) is 12.8. The van der Waals surface area contributed by atoms with E-state index >= 15 is 0 Å². The molecule has 0 aliphatic rings. The lowest BCUT2D eigenvalue weighted by atomic mass is 10.1. The average molecular weight is 349 g/mol. The van der Waals surface area contributed by atoms with Gasteiger partial charge in [0, 0.05) is 29.6 Å². The molecule has 0 aliphatic heterocycles. The minimum Gasteiger partial charge on any atom is -0.497 e. The van der Waals surface area contributed by atoms with E-state index in [0.717, 1.165) is 11.1 Å². The third kappa shape index (κ3) is 2.88. The monoisotopic (exact) mass is 349 g/mol. The van der Waals surface area contributed by atoms with E-state index in [1.54, 1.807) is 32.7 Å². The first kappa shape index (κ1) is 15.8. The first-order valence-electron chi connectivity index (χ1n) is 7.81. The van der Waals surface area contributed by atoms with E-state index in [9.17, 15) is 0 Å². The van der Waals surface area contributed by atoms with E-state index in [0.29, 0.717) is 34.6 Å². The molecular formula is C18H15N5O3. The predicted octanol–water partition coefficient (Wildman–Crippen LogP) is 3.21. The molecule has 8 nitrogen and oxygen atoms in total. The van der Waals surface area contributed by atoms with Crippen LogP contribution in [0.5, 0.6) is 11.5 Å². The lowest BCUT2D eigenvalue weighted by Gasteiger charge is -2.08.